The number of carbonyl (C=O) groups excluding carboxylic acids is 3. The van der Waals surface area contributed by atoms with Crippen molar-refractivity contribution in [2.75, 3.05) is 49.1 Å². The van der Waals surface area contributed by atoms with Crippen LogP contribution < -0.4 is 15.1 Å². The third-order valence-corrected chi connectivity index (χ3v) is 11.9. The van der Waals surface area contributed by atoms with Crippen molar-refractivity contribution in [3.63, 3.8) is 0 Å². The number of aromatic nitrogens is 2. The summed E-state index contributed by atoms with van der Waals surface area (Å²) in [5.41, 5.74) is 6.30. The highest BCUT2D eigenvalue weighted by Gasteiger charge is 2.44. The highest BCUT2D eigenvalue weighted by Crippen LogP contribution is 2.38. The summed E-state index contributed by atoms with van der Waals surface area (Å²) >= 11 is 6.27. The summed E-state index contributed by atoms with van der Waals surface area (Å²) in [4.78, 5) is 54.4. The molecule has 4 aliphatic heterocycles. The number of aryl methyl sites for hydroxylation is 1. The molecule has 2 aromatic carbocycles. The van der Waals surface area contributed by atoms with Crippen LogP contribution in [0.2, 0.25) is 5.02 Å². The highest BCUT2D eigenvalue weighted by atomic mass is 35.5. The lowest BCUT2D eigenvalue weighted by Gasteiger charge is -2.35. The Bertz CT molecular complexity index is 2210. The second kappa shape index (κ2) is 18.8. The molecule has 6 heterocycles. The van der Waals surface area contributed by atoms with E-state index in [1.165, 1.54) is 0 Å². The van der Waals surface area contributed by atoms with Gasteiger partial charge in [-0.05, 0) is 108 Å². The molecule has 13 nitrogen and oxygen atoms in total. The van der Waals surface area contributed by atoms with Crippen LogP contribution in [0.25, 0.3) is 11.1 Å². The lowest BCUT2D eigenvalue weighted by Crippen LogP contribution is -2.45. The Hall–Kier alpha value is -5.56. The number of hydrogen-bond donors (Lipinski definition) is 1. The maximum atomic E-state index is 12.8. The molecular formula is C48H60ClN7O6. The first-order chi connectivity index (χ1) is 29.5. The normalized spacial score (nSPS) is 20.6. The van der Waals surface area contributed by atoms with Crippen molar-refractivity contribution < 1.29 is 28.6 Å². The smallest absolute Gasteiger partial charge is 0.410 e. The second-order valence-electron chi connectivity index (χ2n) is 18.9. The molecule has 2 aromatic heterocycles. The van der Waals surface area contributed by atoms with Gasteiger partial charge in [0.25, 0.3) is 0 Å². The van der Waals surface area contributed by atoms with E-state index in [1.807, 2.05) is 100 Å². The number of pyridine rings is 2. The van der Waals surface area contributed by atoms with Crippen LogP contribution in [-0.4, -0.2) is 101 Å². The van der Waals surface area contributed by atoms with Gasteiger partial charge in [-0.1, -0.05) is 60.1 Å². The number of nitrogens with zero attached hydrogens (tertiary/aromatic N) is 6. The van der Waals surface area contributed by atoms with Crippen LogP contribution in [0.5, 0.6) is 0 Å². The number of nitrogens with one attached hydrogen (secondary N) is 1. The van der Waals surface area contributed by atoms with Gasteiger partial charge in [0.2, 0.25) is 0 Å². The number of alkyl carbamates (subject to hydrolysis) is 1. The quantitative estimate of drug-likeness (QED) is 0.180. The minimum atomic E-state index is -0.508. The molecule has 14 heteroatoms. The average molecular weight is 867 g/mol. The Morgan fingerprint density at radius 1 is 0.726 bits per heavy atom. The zero-order chi connectivity index (χ0) is 44.2. The zero-order valence-electron chi connectivity index (χ0n) is 37.0. The first kappa shape index (κ1) is 44.5. The Labute approximate surface area is 370 Å². The SMILES string of the molecule is CC(C)(C)OC(=O)N1CC2CC1CN(c1cnccc1Cl)C2.Cc1cc(-c2ccncc2N2CC3CC(C2)N(C(=O)OC(C)(C)C)C3)ccc1CNC(=O)OCc1ccccc1. The van der Waals surface area contributed by atoms with Gasteiger partial charge in [-0.25, -0.2) is 14.4 Å². The molecule has 4 atom stereocenters. The van der Waals surface area contributed by atoms with E-state index in [0.29, 0.717) is 23.4 Å². The molecule has 4 fully saturated rings. The molecule has 4 unspecified atom stereocenters. The molecule has 8 rings (SSSR count). The first-order valence-corrected chi connectivity index (χ1v) is 21.9. The van der Waals surface area contributed by atoms with Crippen LogP contribution in [0.1, 0.15) is 71.1 Å². The van der Waals surface area contributed by atoms with Crippen molar-refractivity contribution in [2.45, 2.75) is 97.7 Å². The maximum Gasteiger partial charge on any atom is 0.410 e. The van der Waals surface area contributed by atoms with Crippen molar-refractivity contribution in [2.24, 2.45) is 11.8 Å². The molecule has 330 valence electrons. The van der Waals surface area contributed by atoms with Crippen molar-refractivity contribution in [1.82, 2.24) is 25.1 Å². The molecule has 3 amide bonds. The van der Waals surface area contributed by atoms with E-state index >= 15 is 0 Å². The van der Waals surface area contributed by atoms with E-state index in [2.05, 4.69) is 50.2 Å². The van der Waals surface area contributed by atoms with E-state index in [0.717, 1.165) is 91.3 Å². The Balaban J connectivity index is 0.000000221. The number of anilines is 2. The Kier molecular flexibility index (Phi) is 13.5. The number of piperidine rings is 2. The summed E-state index contributed by atoms with van der Waals surface area (Å²) in [5.74, 6) is 0.860. The number of amides is 3. The zero-order valence-corrected chi connectivity index (χ0v) is 37.7. The summed E-state index contributed by atoms with van der Waals surface area (Å²) in [7, 11) is 0. The van der Waals surface area contributed by atoms with E-state index in [9.17, 15) is 14.4 Å². The fraction of sp³-hybridized carbons (Fsp3) is 0.479. The maximum absolute atomic E-state index is 12.8. The van der Waals surface area contributed by atoms with E-state index in [-0.39, 0.29) is 30.9 Å². The third-order valence-electron chi connectivity index (χ3n) is 11.6. The van der Waals surface area contributed by atoms with E-state index in [4.69, 9.17) is 25.8 Å². The van der Waals surface area contributed by atoms with Crippen molar-refractivity contribution in [1.29, 1.82) is 0 Å². The van der Waals surface area contributed by atoms with Gasteiger partial charge in [-0.15, -0.1) is 0 Å². The summed E-state index contributed by atoms with van der Waals surface area (Å²) < 4.78 is 16.5. The van der Waals surface area contributed by atoms with E-state index < -0.39 is 17.3 Å². The minimum Gasteiger partial charge on any atom is -0.445 e. The number of likely N-dealkylation sites (tertiary alicyclic amines) is 2. The molecule has 4 aromatic rings. The lowest BCUT2D eigenvalue weighted by molar-refractivity contribution is 0.0222. The number of hydrogen-bond acceptors (Lipinski definition) is 10. The van der Waals surface area contributed by atoms with Gasteiger partial charge in [0, 0.05) is 63.8 Å². The Morgan fingerprint density at radius 2 is 1.29 bits per heavy atom. The number of halogens is 1. The summed E-state index contributed by atoms with van der Waals surface area (Å²) in [6.07, 6.45) is 8.39. The standard InChI is InChI=1S/C32H38N4O4.C16H22ClN3O2/c1-22-14-25(10-11-26(22)16-34-30(37)39-21-23-8-6-5-7-9-23)28-12-13-33-17-29(28)35-18-24-15-27(20-35)36(19-24)31(38)40-32(2,3)4;1-16(2,3)22-15(21)20-9-11-6-12(20)10-19(8-11)14-7-18-5-4-13(14)17/h5-14,17,24,27H,15-16,18-21H2,1-4H3,(H,34,37);4-5,7,11-12H,6,8-10H2,1-3H3. The van der Waals surface area contributed by atoms with Crippen LogP contribution >= 0.6 is 11.6 Å². The van der Waals surface area contributed by atoms with Gasteiger partial charge in [0.05, 0.1) is 40.9 Å². The monoisotopic (exact) mass is 865 g/mol. The van der Waals surface area contributed by atoms with E-state index in [1.54, 1.807) is 18.5 Å². The van der Waals surface area contributed by atoms with Crippen LogP contribution in [0.15, 0.2) is 85.5 Å². The second-order valence-corrected chi connectivity index (χ2v) is 19.3. The number of benzene rings is 2. The number of carbonyl (C=O) groups is 3. The predicted octanol–water partition coefficient (Wildman–Crippen LogP) is 9.11. The molecule has 1 N–H and O–H groups in total. The number of rotatable bonds is 7. The number of ether oxygens (including phenoxy) is 3. The van der Waals surface area contributed by atoms with Crippen LogP contribution in [0.4, 0.5) is 25.8 Å². The van der Waals surface area contributed by atoms with Gasteiger partial charge in [-0.3, -0.25) is 9.97 Å². The minimum absolute atomic E-state index is 0.124. The lowest BCUT2D eigenvalue weighted by atomic mass is 9.96. The van der Waals surface area contributed by atoms with Crippen LogP contribution in [-0.2, 0) is 27.4 Å². The van der Waals surface area contributed by atoms with Crippen LogP contribution in [0, 0.1) is 18.8 Å². The molecule has 0 saturated carbocycles. The van der Waals surface area contributed by atoms with Crippen molar-refractivity contribution in [3.8, 4) is 11.1 Å². The molecule has 62 heavy (non-hydrogen) atoms. The summed E-state index contributed by atoms with van der Waals surface area (Å²) in [6.45, 7) is 18.9. The molecule has 4 bridgehead atoms. The van der Waals surface area contributed by atoms with Gasteiger partial charge >= 0.3 is 18.3 Å². The fourth-order valence-corrected chi connectivity index (χ4v) is 9.11. The number of fused-ring (bicyclic) bond motifs is 4. The average Bonchev–Trinajstić information content (AvgIpc) is 3.71. The van der Waals surface area contributed by atoms with Crippen LogP contribution in [0.3, 0.4) is 0 Å². The van der Waals surface area contributed by atoms with Gasteiger partial charge in [0.1, 0.15) is 17.8 Å². The Morgan fingerprint density at radius 3 is 1.85 bits per heavy atom. The first-order valence-electron chi connectivity index (χ1n) is 21.6. The largest absolute Gasteiger partial charge is 0.445 e. The molecule has 4 saturated heterocycles. The molecule has 0 radical (unpaired) electrons. The molecular weight excluding hydrogens is 806 g/mol. The topological polar surface area (TPSA) is 130 Å². The van der Waals surface area contributed by atoms with Gasteiger partial charge in [0.15, 0.2) is 0 Å². The van der Waals surface area contributed by atoms with Gasteiger partial charge in [-0.2, -0.15) is 0 Å². The molecule has 4 aliphatic rings. The predicted molar refractivity (Wildman–Crippen MR) is 241 cm³/mol. The summed E-state index contributed by atoms with van der Waals surface area (Å²) in [5, 5.41) is 3.56. The molecule has 0 aliphatic carbocycles. The highest BCUT2D eigenvalue weighted by molar-refractivity contribution is 6.33. The van der Waals surface area contributed by atoms with Crippen molar-refractivity contribution >= 4 is 41.3 Å². The van der Waals surface area contributed by atoms with Crippen molar-refractivity contribution in [3.05, 3.63) is 107 Å². The molecule has 0 spiro atoms. The van der Waals surface area contributed by atoms with Gasteiger partial charge < -0.3 is 39.1 Å². The third kappa shape index (κ3) is 11.3. The summed E-state index contributed by atoms with van der Waals surface area (Å²) in [6, 6.07) is 20.1. The fourth-order valence-electron chi connectivity index (χ4n) is 8.89.